The van der Waals surface area contributed by atoms with Crippen molar-refractivity contribution in [3.05, 3.63) is 30.6 Å². The lowest BCUT2D eigenvalue weighted by molar-refractivity contribution is -0.122. The smallest absolute Gasteiger partial charge is 0.222 e. The zero-order valence-corrected chi connectivity index (χ0v) is 12.7. The maximum atomic E-state index is 11.7. The van der Waals surface area contributed by atoms with Gasteiger partial charge in [-0.05, 0) is 25.0 Å². The number of nitrogens with zero attached hydrogens (tertiary/aromatic N) is 2. The number of rotatable bonds is 3. The maximum absolute atomic E-state index is 11.7. The van der Waals surface area contributed by atoms with Gasteiger partial charge in [0, 0.05) is 11.4 Å². The third kappa shape index (κ3) is 2.40. The molecule has 0 radical (unpaired) electrons. The fourth-order valence-corrected chi connectivity index (χ4v) is 3.45. The van der Waals surface area contributed by atoms with Gasteiger partial charge in [0.25, 0.3) is 0 Å². The van der Waals surface area contributed by atoms with Crippen LogP contribution in [-0.4, -0.2) is 21.9 Å². The number of fused-ring (bicyclic) bond motifs is 3. The molecular weight excluding hydrogens is 292 g/mol. The van der Waals surface area contributed by atoms with Gasteiger partial charge in [-0.3, -0.25) is 4.79 Å². The van der Waals surface area contributed by atoms with E-state index >= 15 is 0 Å². The number of amides is 1. The molecule has 1 aliphatic carbocycles. The molecule has 6 heteroatoms. The lowest BCUT2D eigenvalue weighted by Gasteiger charge is -2.30. The van der Waals surface area contributed by atoms with Crippen molar-refractivity contribution in [1.82, 2.24) is 9.97 Å². The first-order valence-electron chi connectivity index (χ1n) is 7.92. The molecule has 2 heterocycles. The summed E-state index contributed by atoms with van der Waals surface area (Å²) in [6.07, 6.45) is 5.36. The molecule has 1 aromatic carbocycles. The molecule has 0 saturated heterocycles. The van der Waals surface area contributed by atoms with Gasteiger partial charge in [-0.2, -0.15) is 0 Å². The Morgan fingerprint density at radius 2 is 2.04 bits per heavy atom. The van der Waals surface area contributed by atoms with Gasteiger partial charge < -0.3 is 15.5 Å². The van der Waals surface area contributed by atoms with Gasteiger partial charge in [0.15, 0.2) is 11.4 Å². The summed E-state index contributed by atoms with van der Waals surface area (Å²) >= 11 is 0. The summed E-state index contributed by atoms with van der Waals surface area (Å²) in [6.45, 7) is 0. The Bertz CT molecular complexity index is 873. The van der Waals surface area contributed by atoms with Crippen LogP contribution >= 0.6 is 0 Å². The zero-order valence-electron chi connectivity index (χ0n) is 12.7. The molecular formula is C17H18N4O2. The van der Waals surface area contributed by atoms with Crippen LogP contribution in [0.5, 0.6) is 0 Å². The van der Waals surface area contributed by atoms with E-state index in [0.717, 1.165) is 42.2 Å². The molecule has 1 saturated carbocycles. The van der Waals surface area contributed by atoms with Gasteiger partial charge in [0.1, 0.15) is 17.4 Å². The molecule has 4 rings (SSSR count). The van der Waals surface area contributed by atoms with E-state index in [4.69, 9.17) is 10.2 Å². The van der Waals surface area contributed by atoms with E-state index in [1.807, 2.05) is 24.3 Å². The number of aromatic nitrogens is 2. The predicted octanol–water partition coefficient (Wildman–Crippen LogP) is 2.83. The molecule has 118 valence electrons. The van der Waals surface area contributed by atoms with E-state index in [0.29, 0.717) is 11.4 Å². The number of carbonyl (C=O) groups is 1. The SMILES string of the molecule is NC(=O)C1CCCCC1Nc1ncnc2c1oc1ccccc12. The van der Waals surface area contributed by atoms with Crippen molar-refractivity contribution in [1.29, 1.82) is 0 Å². The minimum atomic E-state index is -0.253. The Morgan fingerprint density at radius 3 is 2.91 bits per heavy atom. The first-order valence-corrected chi connectivity index (χ1v) is 7.92. The van der Waals surface area contributed by atoms with Crippen LogP contribution in [0.3, 0.4) is 0 Å². The highest BCUT2D eigenvalue weighted by molar-refractivity contribution is 6.05. The molecule has 1 aliphatic rings. The summed E-state index contributed by atoms with van der Waals surface area (Å²) in [7, 11) is 0. The number of nitrogens with one attached hydrogen (secondary N) is 1. The molecule has 2 unspecified atom stereocenters. The number of furan rings is 1. The Labute approximate surface area is 133 Å². The third-order valence-corrected chi connectivity index (χ3v) is 4.61. The first-order chi connectivity index (χ1) is 11.2. The van der Waals surface area contributed by atoms with Crippen LogP contribution in [0.4, 0.5) is 5.82 Å². The van der Waals surface area contributed by atoms with Crippen molar-refractivity contribution < 1.29 is 9.21 Å². The normalized spacial score (nSPS) is 21.6. The van der Waals surface area contributed by atoms with Crippen LogP contribution in [0, 0.1) is 5.92 Å². The minimum absolute atomic E-state index is 0.00689. The number of primary amides is 1. The monoisotopic (exact) mass is 310 g/mol. The van der Waals surface area contributed by atoms with Crippen molar-refractivity contribution in [2.75, 3.05) is 5.32 Å². The summed E-state index contributed by atoms with van der Waals surface area (Å²) in [5, 5.41) is 4.33. The van der Waals surface area contributed by atoms with Gasteiger partial charge in [-0.1, -0.05) is 25.0 Å². The molecule has 3 aromatic rings. The molecule has 2 atom stereocenters. The fourth-order valence-electron chi connectivity index (χ4n) is 3.45. The zero-order chi connectivity index (χ0) is 15.8. The van der Waals surface area contributed by atoms with E-state index in [2.05, 4.69) is 15.3 Å². The van der Waals surface area contributed by atoms with Crippen molar-refractivity contribution >= 4 is 33.8 Å². The highest BCUT2D eigenvalue weighted by atomic mass is 16.3. The molecule has 6 nitrogen and oxygen atoms in total. The van der Waals surface area contributed by atoms with Gasteiger partial charge in [-0.15, -0.1) is 0 Å². The Hall–Kier alpha value is -2.63. The summed E-state index contributed by atoms with van der Waals surface area (Å²) in [4.78, 5) is 20.3. The molecule has 3 N–H and O–H groups in total. The van der Waals surface area contributed by atoms with Crippen LogP contribution in [0.25, 0.3) is 22.1 Å². The Balaban J connectivity index is 1.75. The Kier molecular flexibility index (Phi) is 3.37. The number of benzene rings is 1. The number of para-hydroxylation sites is 1. The van der Waals surface area contributed by atoms with E-state index in [1.54, 1.807) is 0 Å². The number of anilines is 1. The van der Waals surface area contributed by atoms with Crippen LogP contribution in [0.15, 0.2) is 35.0 Å². The molecule has 2 aromatic heterocycles. The van der Waals surface area contributed by atoms with Crippen LogP contribution in [-0.2, 0) is 4.79 Å². The number of hydrogen-bond donors (Lipinski definition) is 2. The first kappa shape index (κ1) is 14.0. The molecule has 1 fully saturated rings. The second-order valence-electron chi connectivity index (χ2n) is 6.04. The van der Waals surface area contributed by atoms with Crippen molar-refractivity contribution in [2.45, 2.75) is 31.7 Å². The van der Waals surface area contributed by atoms with Crippen molar-refractivity contribution in [3.8, 4) is 0 Å². The van der Waals surface area contributed by atoms with Crippen molar-refractivity contribution in [2.24, 2.45) is 11.7 Å². The number of hydrogen-bond acceptors (Lipinski definition) is 5. The molecule has 0 bridgehead atoms. The Morgan fingerprint density at radius 1 is 1.22 bits per heavy atom. The summed E-state index contributed by atoms with van der Waals surface area (Å²) in [5.41, 5.74) is 7.74. The molecule has 1 amide bonds. The average molecular weight is 310 g/mol. The third-order valence-electron chi connectivity index (χ3n) is 4.61. The van der Waals surface area contributed by atoms with Crippen LogP contribution < -0.4 is 11.1 Å². The van der Waals surface area contributed by atoms with Gasteiger partial charge in [0.2, 0.25) is 5.91 Å². The fraction of sp³-hybridized carbons (Fsp3) is 0.353. The second-order valence-corrected chi connectivity index (χ2v) is 6.04. The summed E-state index contributed by atoms with van der Waals surface area (Å²) in [6, 6.07) is 7.76. The number of carbonyl (C=O) groups excluding carboxylic acids is 1. The minimum Gasteiger partial charge on any atom is -0.450 e. The van der Waals surface area contributed by atoms with Gasteiger partial charge in [-0.25, -0.2) is 9.97 Å². The van der Waals surface area contributed by atoms with Crippen LogP contribution in [0.1, 0.15) is 25.7 Å². The summed E-state index contributed by atoms with van der Waals surface area (Å²) in [5.74, 6) is 0.208. The number of nitrogens with two attached hydrogens (primary N) is 1. The quantitative estimate of drug-likeness (QED) is 0.775. The van der Waals surface area contributed by atoms with E-state index < -0.39 is 0 Å². The van der Waals surface area contributed by atoms with E-state index in [-0.39, 0.29) is 17.9 Å². The standard InChI is InChI=1S/C17H18N4O2/c18-16(22)10-5-1-3-7-12(10)21-17-15-14(19-9-20-17)11-6-2-4-8-13(11)23-15/h2,4,6,8-10,12H,1,3,5,7H2,(H2,18,22)(H,19,20,21). The van der Waals surface area contributed by atoms with Crippen LogP contribution in [0.2, 0.25) is 0 Å². The highest BCUT2D eigenvalue weighted by Gasteiger charge is 2.30. The van der Waals surface area contributed by atoms with Crippen molar-refractivity contribution in [3.63, 3.8) is 0 Å². The largest absolute Gasteiger partial charge is 0.450 e. The summed E-state index contributed by atoms with van der Waals surface area (Å²) < 4.78 is 5.92. The molecule has 23 heavy (non-hydrogen) atoms. The topological polar surface area (TPSA) is 94.0 Å². The average Bonchev–Trinajstić information content (AvgIpc) is 2.95. The molecule has 0 aliphatic heterocycles. The second kappa shape index (κ2) is 5.53. The van der Waals surface area contributed by atoms with E-state index in [9.17, 15) is 4.79 Å². The van der Waals surface area contributed by atoms with Gasteiger partial charge in [0.05, 0.1) is 5.92 Å². The molecule has 0 spiro atoms. The maximum Gasteiger partial charge on any atom is 0.222 e. The predicted molar refractivity (Wildman–Crippen MR) is 87.9 cm³/mol. The lowest BCUT2D eigenvalue weighted by Crippen LogP contribution is -2.40. The van der Waals surface area contributed by atoms with Gasteiger partial charge >= 0.3 is 0 Å². The highest BCUT2D eigenvalue weighted by Crippen LogP contribution is 2.33. The van der Waals surface area contributed by atoms with E-state index in [1.165, 1.54) is 6.33 Å². The lowest BCUT2D eigenvalue weighted by atomic mass is 9.84.